The summed E-state index contributed by atoms with van der Waals surface area (Å²) in [7, 11) is 0. The van der Waals surface area contributed by atoms with Crippen LogP contribution in [-0.4, -0.2) is 50.0 Å². The average molecular weight is 342 g/mol. The van der Waals surface area contributed by atoms with Crippen molar-refractivity contribution < 1.29 is 9.59 Å². The largest absolute Gasteiger partial charge is 0.370 e. The van der Waals surface area contributed by atoms with Crippen molar-refractivity contribution in [3.05, 3.63) is 42.2 Å². The van der Waals surface area contributed by atoms with E-state index in [1.54, 1.807) is 0 Å². The topological polar surface area (TPSA) is 107 Å². The van der Waals surface area contributed by atoms with Crippen molar-refractivity contribution in [1.29, 1.82) is 0 Å². The van der Waals surface area contributed by atoms with Crippen molar-refractivity contribution in [2.24, 2.45) is 11.7 Å². The number of likely N-dealkylation sites (tertiary alicyclic amines) is 1. The number of nitrogens with zero attached hydrogens (tertiary/aromatic N) is 5. The van der Waals surface area contributed by atoms with Crippen LogP contribution in [0.3, 0.4) is 0 Å². The van der Waals surface area contributed by atoms with Gasteiger partial charge in [-0.2, -0.15) is 0 Å². The zero-order valence-corrected chi connectivity index (χ0v) is 14.0. The summed E-state index contributed by atoms with van der Waals surface area (Å²) in [4.78, 5) is 26.0. The van der Waals surface area contributed by atoms with E-state index in [0.717, 1.165) is 18.4 Å². The maximum absolute atomic E-state index is 13.0. The van der Waals surface area contributed by atoms with Crippen molar-refractivity contribution in [2.45, 2.75) is 31.7 Å². The first-order chi connectivity index (χ1) is 12.1. The molecule has 1 saturated heterocycles. The maximum Gasteiger partial charge on any atom is 0.247 e. The Kier molecular flexibility index (Phi) is 5.37. The number of aromatic nitrogens is 4. The second kappa shape index (κ2) is 7.87. The third-order valence-electron chi connectivity index (χ3n) is 4.66. The number of rotatable bonds is 6. The van der Waals surface area contributed by atoms with Gasteiger partial charge in [0.05, 0.1) is 0 Å². The summed E-state index contributed by atoms with van der Waals surface area (Å²) in [5, 5.41) is 11.3. The van der Waals surface area contributed by atoms with E-state index in [4.69, 9.17) is 5.73 Å². The molecule has 2 aromatic rings. The molecular weight excluding hydrogens is 320 g/mol. The molecule has 1 aromatic heterocycles. The van der Waals surface area contributed by atoms with Gasteiger partial charge in [0.25, 0.3) is 0 Å². The number of hydrogen-bond donors (Lipinski definition) is 1. The van der Waals surface area contributed by atoms with E-state index in [2.05, 4.69) is 15.5 Å². The summed E-state index contributed by atoms with van der Waals surface area (Å²) < 4.78 is 1.52. The molecule has 132 valence electrons. The summed E-state index contributed by atoms with van der Waals surface area (Å²) in [6.45, 7) is 1.26. The summed E-state index contributed by atoms with van der Waals surface area (Å²) in [5.41, 5.74) is 6.33. The number of amides is 2. The molecule has 8 heteroatoms. The van der Waals surface area contributed by atoms with E-state index in [1.165, 1.54) is 11.0 Å². The Balaban J connectivity index is 1.69. The monoisotopic (exact) mass is 342 g/mol. The van der Waals surface area contributed by atoms with Gasteiger partial charge in [0.2, 0.25) is 11.8 Å². The Morgan fingerprint density at radius 1 is 1.20 bits per heavy atom. The minimum atomic E-state index is -0.468. The number of carbonyl (C=O) groups is 2. The van der Waals surface area contributed by atoms with Crippen LogP contribution in [0.4, 0.5) is 0 Å². The van der Waals surface area contributed by atoms with Gasteiger partial charge in [-0.25, -0.2) is 4.68 Å². The highest BCUT2D eigenvalue weighted by Crippen LogP contribution is 2.23. The molecule has 1 aromatic carbocycles. The Morgan fingerprint density at radius 2 is 1.92 bits per heavy atom. The Hall–Kier alpha value is -2.77. The molecule has 0 spiro atoms. The molecule has 3 rings (SSSR count). The number of tetrazole rings is 1. The lowest BCUT2D eigenvalue weighted by molar-refractivity contribution is -0.136. The van der Waals surface area contributed by atoms with Crippen LogP contribution < -0.4 is 5.73 Å². The molecule has 0 radical (unpaired) electrons. The lowest BCUT2D eigenvalue weighted by Gasteiger charge is -2.33. The summed E-state index contributed by atoms with van der Waals surface area (Å²) >= 11 is 0. The highest BCUT2D eigenvalue weighted by molar-refractivity contribution is 5.81. The van der Waals surface area contributed by atoms with Crippen LogP contribution in [0.25, 0.3) is 0 Å². The van der Waals surface area contributed by atoms with Crippen molar-refractivity contribution in [2.75, 3.05) is 13.1 Å². The zero-order valence-electron chi connectivity index (χ0n) is 14.0. The fourth-order valence-corrected chi connectivity index (χ4v) is 3.30. The molecule has 1 aliphatic rings. The molecule has 1 aliphatic heterocycles. The fourth-order valence-electron chi connectivity index (χ4n) is 3.30. The third-order valence-corrected chi connectivity index (χ3v) is 4.66. The molecule has 25 heavy (non-hydrogen) atoms. The van der Waals surface area contributed by atoms with Gasteiger partial charge in [0, 0.05) is 25.9 Å². The zero-order chi connectivity index (χ0) is 17.6. The van der Waals surface area contributed by atoms with Crippen LogP contribution in [0.2, 0.25) is 0 Å². The Labute approximate surface area is 146 Å². The van der Waals surface area contributed by atoms with Crippen LogP contribution in [0.15, 0.2) is 36.7 Å². The van der Waals surface area contributed by atoms with Gasteiger partial charge in [-0.1, -0.05) is 30.3 Å². The summed E-state index contributed by atoms with van der Waals surface area (Å²) in [6, 6.07) is 9.36. The summed E-state index contributed by atoms with van der Waals surface area (Å²) in [5.74, 6) is -0.00346. The fraction of sp³-hybridized carbons (Fsp3) is 0.471. The molecule has 1 atom stereocenters. The first-order valence-electron chi connectivity index (χ1n) is 8.47. The van der Waals surface area contributed by atoms with Gasteiger partial charge in [-0.05, 0) is 34.7 Å². The van der Waals surface area contributed by atoms with Crippen molar-refractivity contribution in [1.82, 2.24) is 25.1 Å². The van der Waals surface area contributed by atoms with Crippen LogP contribution in [-0.2, 0) is 16.0 Å². The second-order valence-corrected chi connectivity index (χ2v) is 6.43. The molecule has 2 amide bonds. The molecule has 1 fully saturated rings. The van der Waals surface area contributed by atoms with E-state index in [9.17, 15) is 9.59 Å². The number of nitrogens with two attached hydrogens (primary N) is 1. The number of benzene rings is 1. The quantitative estimate of drug-likeness (QED) is 0.826. The van der Waals surface area contributed by atoms with E-state index < -0.39 is 6.04 Å². The standard InChI is InChI=1S/C17H22N6O2/c18-16(24)11-14-6-8-22(9-7-14)17(25)15(23-12-19-20-21-23)10-13-4-2-1-3-5-13/h1-5,12,14-15H,6-11H2,(H2,18,24). The predicted molar refractivity (Wildman–Crippen MR) is 90.1 cm³/mol. The number of piperidine rings is 1. The Morgan fingerprint density at radius 3 is 2.52 bits per heavy atom. The molecule has 0 aliphatic carbocycles. The van der Waals surface area contributed by atoms with E-state index >= 15 is 0 Å². The van der Waals surface area contributed by atoms with Crippen LogP contribution in [0, 0.1) is 5.92 Å². The van der Waals surface area contributed by atoms with Crippen molar-refractivity contribution in [3.63, 3.8) is 0 Å². The molecule has 2 N–H and O–H groups in total. The molecule has 1 unspecified atom stereocenters. The van der Waals surface area contributed by atoms with Gasteiger partial charge in [-0.3, -0.25) is 9.59 Å². The van der Waals surface area contributed by atoms with Crippen LogP contribution in [0.5, 0.6) is 0 Å². The van der Waals surface area contributed by atoms with Gasteiger partial charge in [0.1, 0.15) is 12.4 Å². The highest BCUT2D eigenvalue weighted by Gasteiger charge is 2.30. The molecule has 2 heterocycles. The number of carbonyl (C=O) groups excluding carboxylic acids is 2. The molecule has 8 nitrogen and oxygen atoms in total. The van der Waals surface area contributed by atoms with Gasteiger partial charge >= 0.3 is 0 Å². The predicted octanol–water partition coefficient (Wildman–Crippen LogP) is 0.571. The van der Waals surface area contributed by atoms with Gasteiger partial charge in [-0.15, -0.1) is 5.10 Å². The highest BCUT2D eigenvalue weighted by atomic mass is 16.2. The van der Waals surface area contributed by atoms with Gasteiger partial charge < -0.3 is 10.6 Å². The summed E-state index contributed by atoms with van der Waals surface area (Å²) in [6.07, 6.45) is 3.99. The second-order valence-electron chi connectivity index (χ2n) is 6.43. The molecule has 0 bridgehead atoms. The lowest BCUT2D eigenvalue weighted by atomic mass is 9.92. The maximum atomic E-state index is 13.0. The molecule has 0 saturated carbocycles. The minimum absolute atomic E-state index is 0.00804. The SMILES string of the molecule is NC(=O)CC1CCN(C(=O)C(Cc2ccccc2)n2cnnn2)CC1. The smallest absolute Gasteiger partial charge is 0.247 e. The van der Waals surface area contributed by atoms with E-state index in [-0.39, 0.29) is 17.7 Å². The van der Waals surface area contributed by atoms with E-state index in [0.29, 0.717) is 25.9 Å². The van der Waals surface area contributed by atoms with E-state index in [1.807, 2.05) is 35.2 Å². The first kappa shape index (κ1) is 17.1. The normalized spacial score (nSPS) is 16.6. The average Bonchev–Trinajstić information content (AvgIpc) is 3.14. The number of primary amides is 1. The number of hydrogen-bond acceptors (Lipinski definition) is 5. The Bertz CT molecular complexity index is 695. The third kappa shape index (κ3) is 4.40. The van der Waals surface area contributed by atoms with Gasteiger partial charge in [0.15, 0.2) is 0 Å². The minimum Gasteiger partial charge on any atom is -0.370 e. The molecular formula is C17H22N6O2. The van der Waals surface area contributed by atoms with Crippen LogP contribution >= 0.6 is 0 Å². The van der Waals surface area contributed by atoms with Crippen LogP contribution in [0.1, 0.15) is 30.9 Å². The van der Waals surface area contributed by atoms with Crippen molar-refractivity contribution in [3.8, 4) is 0 Å². The first-order valence-corrected chi connectivity index (χ1v) is 8.47. The lowest BCUT2D eigenvalue weighted by Crippen LogP contribution is -2.43. The van der Waals surface area contributed by atoms with Crippen molar-refractivity contribution >= 4 is 11.8 Å².